The van der Waals surface area contributed by atoms with E-state index in [4.69, 9.17) is 20.6 Å². The van der Waals surface area contributed by atoms with E-state index in [-0.39, 0.29) is 12.3 Å². The molecule has 26 heavy (non-hydrogen) atoms. The third-order valence-corrected chi connectivity index (χ3v) is 3.73. The van der Waals surface area contributed by atoms with Crippen LogP contribution in [0.25, 0.3) is 11.0 Å². The van der Waals surface area contributed by atoms with Crippen LogP contribution < -0.4 is 15.8 Å². The van der Waals surface area contributed by atoms with Crippen molar-refractivity contribution in [2.24, 2.45) is 0 Å². The molecule has 0 aliphatic heterocycles. The lowest BCUT2D eigenvalue weighted by Crippen LogP contribution is -2.04. The largest absolute Gasteiger partial charge is 0.494 e. The van der Waals surface area contributed by atoms with Crippen LogP contribution >= 0.6 is 0 Å². The van der Waals surface area contributed by atoms with Crippen LogP contribution in [0.2, 0.25) is 0 Å². The Hall–Kier alpha value is -3.62. The molecule has 0 saturated heterocycles. The zero-order valence-corrected chi connectivity index (χ0v) is 14.3. The smallest absolute Gasteiger partial charge is 0.354 e. The summed E-state index contributed by atoms with van der Waals surface area (Å²) in [6, 6.07) is 4.94. The molecule has 0 spiro atoms. The minimum absolute atomic E-state index is 0.278. The molecule has 2 heterocycles. The van der Waals surface area contributed by atoms with Crippen LogP contribution in [0.5, 0.6) is 5.75 Å². The van der Waals surface area contributed by atoms with E-state index in [9.17, 15) is 4.79 Å². The molecule has 0 radical (unpaired) electrons. The van der Waals surface area contributed by atoms with Crippen molar-refractivity contribution in [2.75, 3.05) is 24.8 Å². The molecule has 0 saturated carbocycles. The van der Waals surface area contributed by atoms with E-state index in [2.05, 4.69) is 20.3 Å². The number of hydrogen-bond donors (Lipinski definition) is 4. The van der Waals surface area contributed by atoms with Gasteiger partial charge in [0.05, 0.1) is 24.8 Å². The third-order valence-electron chi connectivity index (χ3n) is 3.73. The van der Waals surface area contributed by atoms with Crippen LogP contribution in [0.1, 0.15) is 23.0 Å². The summed E-state index contributed by atoms with van der Waals surface area (Å²) in [5.41, 5.74) is 8.22. The van der Waals surface area contributed by atoms with Gasteiger partial charge in [-0.05, 0) is 19.1 Å². The molecule has 134 valence electrons. The van der Waals surface area contributed by atoms with Gasteiger partial charge in [0.1, 0.15) is 29.2 Å². The van der Waals surface area contributed by atoms with Crippen LogP contribution in [0.3, 0.4) is 0 Å². The predicted octanol–water partition coefficient (Wildman–Crippen LogP) is 2.47. The number of aromatic amines is 1. The topological polar surface area (TPSA) is 139 Å². The zero-order chi connectivity index (χ0) is 18.7. The number of esters is 1. The normalized spacial score (nSPS) is 10.5. The number of nitrogens with one attached hydrogen (secondary N) is 3. The van der Waals surface area contributed by atoms with E-state index in [1.807, 2.05) is 0 Å². The average molecular weight is 354 g/mol. The van der Waals surface area contributed by atoms with Crippen molar-refractivity contribution >= 4 is 40.4 Å². The summed E-state index contributed by atoms with van der Waals surface area (Å²) < 4.78 is 10.3. The van der Waals surface area contributed by atoms with Crippen molar-refractivity contribution in [3.8, 4) is 5.75 Å². The molecule has 0 fully saturated rings. The number of aromatic nitrogens is 3. The van der Waals surface area contributed by atoms with Gasteiger partial charge in [-0.2, -0.15) is 0 Å². The maximum atomic E-state index is 11.9. The molecule has 3 aromatic rings. The van der Waals surface area contributed by atoms with Gasteiger partial charge in [-0.25, -0.2) is 14.8 Å². The third kappa shape index (κ3) is 3.14. The van der Waals surface area contributed by atoms with Crippen molar-refractivity contribution in [2.45, 2.75) is 6.92 Å². The SMILES string of the molecule is CCOC(=O)c1cc2c(Nc3cc(C=N)c(N)cc3OC)ncnc2[nH]1. The van der Waals surface area contributed by atoms with Crippen LogP contribution in [-0.2, 0) is 4.74 Å². The van der Waals surface area contributed by atoms with Crippen LogP contribution in [0.4, 0.5) is 17.2 Å². The number of nitrogens with zero attached hydrogens (tertiary/aromatic N) is 2. The predicted molar refractivity (Wildman–Crippen MR) is 98.4 cm³/mol. The van der Waals surface area contributed by atoms with Crippen molar-refractivity contribution in [1.82, 2.24) is 15.0 Å². The van der Waals surface area contributed by atoms with E-state index in [1.54, 1.807) is 25.1 Å². The highest BCUT2D eigenvalue weighted by Crippen LogP contribution is 2.33. The number of H-pyrrole nitrogens is 1. The number of nitrogen functional groups attached to an aromatic ring is 1. The molecule has 0 aliphatic rings. The second-order valence-electron chi connectivity index (χ2n) is 5.34. The van der Waals surface area contributed by atoms with Crippen molar-refractivity contribution < 1.29 is 14.3 Å². The Morgan fingerprint density at radius 3 is 2.88 bits per heavy atom. The number of benzene rings is 1. The van der Waals surface area contributed by atoms with Gasteiger partial charge in [0.15, 0.2) is 0 Å². The van der Waals surface area contributed by atoms with Gasteiger partial charge in [0.25, 0.3) is 0 Å². The fourth-order valence-electron chi connectivity index (χ4n) is 2.49. The molecular formula is C17H18N6O3. The van der Waals surface area contributed by atoms with Crippen molar-refractivity contribution in [3.05, 3.63) is 35.8 Å². The number of carbonyl (C=O) groups is 1. The molecule has 0 aliphatic carbocycles. The fraction of sp³-hybridized carbons (Fsp3) is 0.176. The lowest BCUT2D eigenvalue weighted by Gasteiger charge is -2.13. The second kappa shape index (κ2) is 7.09. The van der Waals surface area contributed by atoms with E-state index < -0.39 is 5.97 Å². The maximum absolute atomic E-state index is 11.9. The molecule has 2 aromatic heterocycles. The first-order valence-corrected chi connectivity index (χ1v) is 7.83. The number of rotatable bonds is 6. The van der Waals surface area contributed by atoms with Crippen LogP contribution in [0.15, 0.2) is 24.5 Å². The number of anilines is 3. The molecule has 9 heteroatoms. The number of fused-ring (bicyclic) bond motifs is 1. The number of nitrogens with two attached hydrogens (primary N) is 1. The first kappa shape index (κ1) is 17.2. The number of ether oxygens (including phenoxy) is 2. The van der Waals surface area contributed by atoms with Crippen molar-refractivity contribution in [3.63, 3.8) is 0 Å². The van der Waals surface area contributed by atoms with Gasteiger partial charge < -0.3 is 30.9 Å². The van der Waals surface area contributed by atoms with E-state index >= 15 is 0 Å². The summed E-state index contributed by atoms with van der Waals surface area (Å²) in [5, 5.41) is 11.2. The maximum Gasteiger partial charge on any atom is 0.354 e. The van der Waals surface area contributed by atoms with Gasteiger partial charge in [0.2, 0.25) is 0 Å². The monoisotopic (exact) mass is 354 g/mol. The van der Waals surface area contributed by atoms with Crippen LogP contribution in [0, 0.1) is 5.41 Å². The summed E-state index contributed by atoms with van der Waals surface area (Å²) in [4.78, 5) is 23.2. The molecule has 0 bridgehead atoms. The lowest BCUT2D eigenvalue weighted by molar-refractivity contribution is 0.0520. The lowest BCUT2D eigenvalue weighted by atomic mass is 10.1. The quantitative estimate of drug-likeness (QED) is 0.303. The minimum atomic E-state index is -0.465. The summed E-state index contributed by atoms with van der Waals surface area (Å²) in [6.07, 6.45) is 2.53. The Kier molecular flexibility index (Phi) is 4.70. The Labute approximate surface area is 149 Å². The summed E-state index contributed by atoms with van der Waals surface area (Å²) in [5.74, 6) is 0.509. The standard InChI is InChI=1S/C17H18N6O3/c1-3-26-17(24)13-5-10-15(20-8-21-16(10)23-13)22-12-4-9(7-18)11(19)6-14(12)25-2/h4-8,18H,3,19H2,1-2H3,(H2,20,21,22,23). The van der Waals surface area contributed by atoms with Gasteiger partial charge in [-0.15, -0.1) is 0 Å². The molecule has 0 unspecified atom stereocenters. The molecule has 9 nitrogen and oxygen atoms in total. The molecule has 5 N–H and O–H groups in total. The number of methoxy groups -OCH3 is 1. The summed E-state index contributed by atoms with van der Waals surface area (Å²) >= 11 is 0. The van der Waals surface area contributed by atoms with E-state index in [1.165, 1.54) is 13.4 Å². The van der Waals surface area contributed by atoms with Gasteiger partial charge >= 0.3 is 5.97 Å². The highest BCUT2D eigenvalue weighted by atomic mass is 16.5. The van der Waals surface area contributed by atoms with Crippen LogP contribution in [-0.4, -0.2) is 40.9 Å². The molecular weight excluding hydrogens is 336 g/mol. The second-order valence-corrected chi connectivity index (χ2v) is 5.34. The molecule has 0 amide bonds. The van der Waals surface area contributed by atoms with Gasteiger partial charge in [-0.1, -0.05) is 0 Å². The molecule has 0 atom stereocenters. The van der Waals surface area contributed by atoms with E-state index in [0.29, 0.717) is 39.5 Å². The highest BCUT2D eigenvalue weighted by Gasteiger charge is 2.16. The zero-order valence-electron chi connectivity index (χ0n) is 14.3. The Balaban J connectivity index is 2.04. The summed E-state index contributed by atoms with van der Waals surface area (Å²) in [7, 11) is 1.52. The van der Waals surface area contributed by atoms with E-state index in [0.717, 1.165) is 6.21 Å². The Morgan fingerprint density at radius 1 is 1.38 bits per heavy atom. The average Bonchev–Trinajstić information content (AvgIpc) is 3.08. The molecule has 3 rings (SSSR count). The van der Waals surface area contributed by atoms with Gasteiger partial charge in [0, 0.05) is 23.5 Å². The number of hydrogen-bond acceptors (Lipinski definition) is 8. The highest BCUT2D eigenvalue weighted by molar-refractivity contribution is 5.98. The fourth-order valence-corrected chi connectivity index (χ4v) is 2.49. The number of carbonyl (C=O) groups excluding carboxylic acids is 1. The van der Waals surface area contributed by atoms with Gasteiger partial charge in [-0.3, -0.25) is 0 Å². The minimum Gasteiger partial charge on any atom is -0.494 e. The Morgan fingerprint density at radius 2 is 2.19 bits per heavy atom. The summed E-state index contributed by atoms with van der Waals surface area (Å²) in [6.45, 7) is 2.02. The van der Waals surface area contributed by atoms with Crippen molar-refractivity contribution in [1.29, 1.82) is 5.41 Å². The Bertz CT molecular complexity index is 982. The molecule has 1 aromatic carbocycles. The first-order valence-electron chi connectivity index (χ1n) is 7.83. The first-order chi connectivity index (χ1) is 12.6.